The molecule has 2 rings (SSSR count). The van der Waals surface area contributed by atoms with Gasteiger partial charge < -0.3 is 4.74 Å². The third kappa shape index (κ3) is 1.75. The van der Waals surface area contributed by atoms with E-state index in [0.717, 1.165) is 6.29 Å². The highest BCUT2D eigenvalue weighted by atomic mass is 16.6. The Hall–Kier alpha value is -1.41. The average molecular weight is 188 g/mol. The van der Waals surface area contributed by atoms with Gasteiger partial charge in [0, 0.05) is 0 Å². The molecule has 14 heavy (non-hydrogen) atoms. The first kappa shape index (κ1) is 9.16. The van der Waals surface area contributed by atoms with Crippen molar-refractivity contribution < 1.29 is 9.53 Å². The van der Waals surface area contributed by atoms with Gasteiger partial charge in [-0.05, 0) is 30.2 Å². The lowest BCUT2D eigenvalue weighted by molar-refractivity contribution is -0.104. The Morgan fingerprint density at radius 3 is 2.86 bits per heavy atom. The van der Waals surface area contributed by atoms with Crippen LogP contribution < -0.4 is 0 Å². The quantitative estimate of drug-likeness (QED) is 0.413. The molecule has 0 N–H and O–H groups in total. The second kappa shape index (κ2) is 3.76. The highest BCUT2D eigenvalue weighted by molar-refractivity contribution is 5.65. The van der Waals surface area contributed by atoms with Gasteiger partial charge in [-0.2, -0.15) is 0 Å². The molecule has 1 heterocycles. The minimum Gasteiger partial charge on any atom is -0.360 e. The Morgan fingerprint density at radius 2 is 2.14 bits per heavy atom. The summed E-state index contributed by atoms with van der Waals surface area (Å²) in [4.78, 5) is 10.1. The molecule has 2 heteroatoms. The fourth-order valence-electron chi connectivity index (χ4n) is 1.58. The molecule has 1 aromatic carbocycles. The molecule has 0 spiro atoms. The lowest BCUT2D eigenvalue weighted by atomic mass is 10.0. The Balaban J connectivity index is 2.09. The van der Waals surface area contributed by atoms with Crippen LogP contribution >= 0.6 is 0 Å². The molecule has 1 saturated heterocycles. The minimum atomic E-state index is 0.0845. The van der Waals surface area contributed by atoms with Gasteiger partial charge >= 0.3 is 0 Å². The summed E-state index contributed by atoms with van der Waals surface area (Å²) < 4.78 is 5.44. The van der Waals surface area contributed by atoms with E-state index < -0.39 is 0 Å². The van der Waals surface area contributed by atoms with E-state index >= 15 is 0 Å². The third-order valence-electron chi connectivity index (χ3n) is 2.40. The molecule has 2 atom stereocenters. The second-order valence-corrected chi connectivity index (χ2v) is 3.40. The van der Waals surface area contributed by atoms with Crippen LogP contribution in [0, 0.1) is 6.92 Å². The van der Waals surface area contributed by atoms with Crippen molar-refractivity contribution in [1.82, 2.24) is 0 Å². The van der Waals surface area contributed by atoms with E-state index in [2.05, 4.69) is 19.1 Å². The van der Waals surface area contributed by atoms with Crippen molar-refractivity contribution in [2.75, 3.05) is 0 Å². The van der Waals surface area contributed by atoms with Crippen LogP contribution in [0.4, 0.5) is 0 Å². The number of carbonyl (C=O) groups is 1. The van der Waals surface area contributed by atoms with Gasteiger partial charge in [0.15, 0.2) is 0 Å². The summed E-state index contributed by atoms with van der Waals surface area (Å²) in [5.74, 6) is 0. The van der Waals surface area contributed by atoms with E-state index in [0.29, 0.717) is 0 Å². The number of hydrogen-bond donors (Lipinski definition) is 0. The highest BCUT2D eigenvalue weighted by Gasteiger charge is 2.38. The summed E-state index contributed by atoms with van der Waals surface area (Å²) in [5, 5.41) is 0. The Labute approximate surface area is 83.2 Å². The van der Waals surface area contributed by atoms with Crippen molar-refractivity contribution in [2.24, 2.45) is 0 Å². The molecule has 1 fully saturated rings. The van der Waals surface area contributed by atoms with Crippen LogP contribution in [0.5, 0.6) is 0 Å². The monoisotopic (exact) mass is 188 g/mol. The molecule has 1 aliphatic rings. The second-order valence-electron chi connectivity index (χ2n) is 3.40. The number of aldehydes is 1. The first-order valence-electron chi connectivity index (χ1n) is 4.66. The first-order valence-corrected chi connectivity index (χ1v) is 4.66. The van der Waals surface area contributed by atoms with Gasteiger partial charge in [0.25, 0.3) is 0 Å². The molecule has 0 aliphatic carbocycles. The third-order valence-corrected chi connectivity index (χ3v) is 2.40. The number of allylic oxidation sites excluding steroid dienone is 1. The molecular weight excluding hydrogens is 176 g/mol. The van der Waals surface area contributed by atoms with Gasteiger partial charge in [-0.3, -0.25) is 4.79 Å². The number of epoxide rings is 1. The van der Waals surface area contributed by atoms with Gasteiger partial charge in [-0.1, -0.05) is 24.3 Å². The molecule has 72 valence electrons. The lowest BCUT2D eigenvalue weighted by Gasteiger charge is -1.99. The van der Waals surface area contributed by atoms with Gasteiger partial charge in [-0.25, -0.2) is 0 Å². The Bertz CT molecular complexity index is 368. The van der Waals surface area contributed by atoms with E-state index in [1.54, 1.807) is 6.08 Å². The molecule has 2 nitrogen and oxygen atoms in total. The van der Waals surface area contributed by atoms with Crippen molar-refractivity contribution in [3.8, 4) is 0 Å². The van der Waals surface area contributed by atoms with Gasteiger partial charge in [0.05, 0.1) is 0 Å². The standard InChI is InChI=1S/C12H12O2/c1-9-5-2-3-6-10(9)12-11(14-12)7-4-8-13/h2-8,11-12H,1H3/b7-4+. The molecule has 0 bridgehead atoms. The average Bonchev–Trinajstić information content (AvgIpc) is 2.95. The van der Waals surface area contributed by atoms with E-state index in [1.165, 1.54) is 17.2 Å². The van der Waals surface area contributed by atoms with Gasteiger partial charge in [0.1, 0.15) is 18.5 Å². The highest BCUT2D eigenvalue weighted by Crippen LogP contribution is 2.40. The summed E-state index contributed by atoms with van der Waals surface area (Å²) in [6, 6.07) is 8.15. The minimum absolute atomic E-state index is 0.0845. The SMILES string of the molecule is Cc1ccccc1C1OC1/C=C/C=O. The van der Waals surface area contributed by atoms with Crippen molar-refractivity contribution in [3.63, 3.8) is 0 Å². The topological polar surface area (TPSA) is 29.6 Å². The Kier molecular flexibility index (Phi) is 2.46. The lowest BCUT2D eigenvalue weighted by Crippen LogP contribution is -1.88. The predicted molar refractivity (Wildman–Crippen MR) is 54.0 cm³/mol. The number of benzene rings is 1. The number of ether oxygens (including phenoxy) is 1. The number of carbonyl (C=O) groups excluding carboxylic acids is 1. The molecule has 0 saturated carbocycles. The summed E-state index contributed by atoms with van der Waals surface area (Å²) in [6.45, 7) is 2.07. The summed E-state index contributed by atoms with van der Waals surface area (Å²) >= 11 is 0. The Morgan fingerprint density at radius 1 is 1.36 bits per heavy atom. The predicted octanol–water partition coefficient (Wildman–Crippen LogP) is 2.19. The molecule has 0 aromatic heterocycles. The van der Waals surface area contributed by atoms with Crippen LogP contribution in [0.2, 0.25) is 0 Å². The fourth-order valence-corrected chi connectivity index (χ4v) is 1.58. The fraction of sp³-hybridized carbons (Fsp3) is 0.250. The van der Waals surface area contributed by atoms with Crippen LogP contribution in [-0.4, -0.2) is 12.4 Å². The summed E-state index contributed by atoms with van der Waals surface area (Å²) in [5.41, 5.74) is 2.45. The van der Waals surface area contributed by atoms with Crippen molar-refractivity contribution in [3.05, 3.63) is 47.5 Å². The molecule has 0 amide bonds. The molecule has 1 aliphatic heterocycles. The molecule has 0 radical (unpaired) electrons. The zero-order chi connectivity index (χ0) is 9.97. The smallest absolute Gasteiger partial charge is 0.142 e. The van der Waals surface area contributed by atoms with Crippen LogP contribution in [0.3, 0.4) is 0 Å². The van der Waals surface area contributed by atoms with Crippen molar-refractivity contribution >= 4 is 6.29 Å². The zero-order valence-electron chi connectivity index (χ0n) is 8.01. The maximum absolute atomic E-state index is 10.1. The summed E-state index contributed by atoms with van der Waals surface area (Å²) in [7, 11) is 0. The van der Waals surface area contributed by atoms with Crippen LogP contribution in [0.1, 0.15) is 17.2 Å². The van der Waals surface area contributed by atoms with E-state index in [1.807, 2.05) is 12.1 Å². The van der Waals surface area contributed by atoms with E-state index in [-0.39, 0.29) is 12.2 Å². The van der Waals surface area contributed by atoms with E-state index in [9.17, 15) is 4.79 Å². The molecule has 2 unspecified atom stereocenters. The first-order chi connectivity index (χ1) is 6.83. The number of rotatable bonds is 3. The van der Waals surface area contributed by atoms with Crippen molar-refractivity contribution in [2.45, 2.75) is 19.1 Å². The van der Waals surface area contributed by atoms with Crippen LogP contribution in [-0.2, 0) is 9.53 Å². The maximum atomic E-state index is 10.1. The largest absolute Gasteiger partial charge is 0.360 e. The van der Waals surface area contributed by atoms with Crippen LogP contribution in [0.15, 0.2) is 36.4 Å². The van der Waals surface area contributed by atoms with Gasteiger partial charge in [0.2, 0.25) is 0 Å². The normalized spacial score (nSPS) is 25.2. The van der Waals surface area contributed by atoms with Gasteiger partial charge in [-0.15, -0.1) is 0 Å². The summed E-state index contributed by atoms with van der Waals surface area (Å²) in [6.07, 6.45) is 4.29. The number of aryl methyl sites for hydroxylation is 1. The number of hydrogen-bond acceptors (Lipinski definition) is 2. The maximum Gasteiger partial charge on any atom is 0.142 e. The molecule has 1 aromatic rings. The van der Waals surface area contributed by atoms with E-state index in [4.69, 9.17) is 4.74 Å². The molecular formula is C12H12O2. The van der Waals surface area contributed by atoms with Crippen LogP contribution in [0.25, 0.3) is 0 Å². The van der Waals surface area contributed by atoms with Crippen molar-refractivity contribution in [1.29, 1.82) is 0 Å². The zero-order valence-corrected chi connectivity index (χ0v) is 8.01.